The largest absolute Gasteiger partial charge is 0.349 e. The molecule has 5 heterocycles. The van der Waals surface area contributed by atoms with Crippen LogP contribution >= 0.6 is 22.7 Å². The molecule has 2 aliphatic rings. The summed E-state index contributed by atoms with van der Waals surface area (Å²) in [6, 6.07) is 12.8. The highest BCUT2D eigenvalue weighted by Gasteiger charge is 2.35. The number of rotatable bonds is 4. The van der Waals surface area contributed by atoms with Gasteiger partial charge in [-0.2, -0.15) is 5.10 Å². The lowest BCUT2D eigenvalue weighted by molar-refractivity contribution is -0.135. The lowest BCUT2D eigenvalue weighted by Gasteiger charge is -2.35. The van der Waals surface area contributed by atoms with E-state index in [2.05, 4.69) is 57.6 Å². The van der Waals surface area contributed by atoms with Crippen LogP contribution in [-0.2, 0) is 11.3 Å². The van der Waals surface area contributed by atoms with Gasteiger partial charge in [-0.1, -0.05) is 12.1 Å². The van der Waals surface area contributed by atoms with Crippen LogP contribution in [0.5, 0.6) is 0 Å². The fourth-order valence-electron chi connectivity index (χ4n) is 4.12. The molecule has 28 heavy (non-hydrogen) atoms. The van der Waals surface area contributed by atoms with E-state index in [4.69, 9.17) is 5.10 Å². The number of aromatic nitrogens is 1. The van der Waals surface area contributed by atoms with E-state index < -0.39 is 0 Å². The third kappa shape index (κ3) is 3.13. The Morgan fingerprint density at radius 3 is 2.79 bits per heavy atom. The number of thiophene rings is 2. The Labute approximate surface area is 172 Å². The molecular weight excluding hydrogens is 388 g/mol. The van der Waals surface area contributed by atoms with Crippen molar-refractivity contribution in [2.45, 2.75) is 32.0 Å². The molecule has 0 radical (unpaired) electrons. The number of carbonyl (C=O) groups is 1. The molecule has 0 saturated heterocycles. The van der Waals surface area contributed by atoms with Gasteiger partial charge in [0.15, 0.2) is 0 Å². The molecule has 0 fully saturated rings. The van der Waals surface area contributed by atoms with Crippen molar-refractivity contribution in [2.75, 3.05) is 13.1 Å². The van der Waals surface area contributed by atoms with Crippen LogP contribution in [0.2, 0.25) is 0 Å². The van der Waals surface area contributed by atoms with Gasteiger partial charge in [-0.05, 0) is 41.9 Å². The van der Waals surface area contributed by atoms with Gasteiger partial charge in [0.05, 0.1) is 23.2 Å². The number of hydrogen-bond acceptors (Lipinski definition) is 5. The maximum absolute atomic E-state index is 13.3. The molecule has 0 unspecified atom stereocenters. The van der Waals surface area contributed by atoms with Crippen LogP contribution in [0.3, 0.4) is 0 Å². The van der Waals surface area contributed by atoms with E-state index in [-0.39, 0.29) is 18.0 Å². The van der Waals surface area contributed by atoms with Crippen molar-refractivity contribution in [3.05, 3.63) is 68.8 Å². The van der Waals surface area contributed by atoms with Gasteiger partial charge in [-0.3, -0.25) is 9.69 Å². The first kappa shape index (κ1) is 17.8. The van der Waals surface area contributed by atoms with E-state index in [0.29, 0.717) is 6.54 Å². The maximum atomic E-state index is 13.3. The summed E-state index contributed by atoms with van der Waals surface area (Å²) in [7, 11) is 0. The molecule has 2 aliphatic heterocycles. The number of hydrogen-bond donors (Lipinski definition) is 0. The molecule has 144 valence electrons. The SMILES string of the molecule is C[C@H]1c2cccn2CCN1CC(=O)N1N=C(c2cccs2)C[C@H]1c1cccs1. The molecule has 5 nitrogen and oxygen atoms in total. The van der Waals surface area contributed by atoms with Gasteiger partial charge in [0, 0.05) is 42.3 Å². The molecular formula is C21H22N4OS2. The summed E-state index contributed by atoms with van der Waals surface area (Å²) in [5.41, 5.74) is 2.29. The normalized spacial score (nSPS) is 22.3. The van der Waals surface area contributed by atoms with Gasteiger partial charge in [0.1, 0.15) is 0 Å². The minimum absolute atomic E-state index is 0.00792. The zero-order chi connectivity index (χ0) is 19.1. The molecule has 0 saturated carbocycles. The lowest BCUT2D eigenvalue weighted by Crippen LogP contribution is -2.43. The molecule has 3 aromatic heterocycles. The predicted octanol–water partition coefficient (Wildman–Crippen LogP) is 4.37. The predicted molar refractivity (Wildman–Crippen MR) is 114 cm³/mol. The first-order valence-corrected chi connectivity index (χ1v) is 11.3. The van der Waals surface area contributed by atoms with E-state index in [1.807, 2.05) is 12.1 Å². The molecule has 0 aliphatic carbocycles. The van der Waals surface area contributed by atoms with Crippen molar-refractivity contribution in [1.82, 2.24) is 14.5 Å². The monoisotopic (exact) mass is 410 g/mol. The van der Waals surface area contributed by atoms with Gasteiger partial charge < -0.3 is 4.57 Å². The quantitative estimate of drug-likeness (QED) is 0.641. The van der Waals surface area contributed by atoms with E-state index in [9.17, 15) is 4.79 Å². The molecule has 2 atom stereocenters. The van der Waals surface area contributed by atoms with Crippen molar-refractivity contribution in [3.8, 4) is 0 Å². The van der Waals surface area contributed by atoms with Crippen LogP contribution in [0.25, 0.3) is 0 Å². The standard InChI is InChI=1S/C21H22N4OS2/c1-15-17-5-2-8-23(17)9-10-24(15)14-21(26)25-18(20-7-4-12-28-20)13-16(22-25)19-6-3-11-27-19/h2-8,11-12,15,18H,9-10,13-14H2,1H3/t15-,18-/m0/s1. The average molecular weight is 411 g/mol. The van der Waals surface area contributed by atoms with E-state index >= 15 is 0 Å². The Morgan fingerprint density at radius 2 is 2.00 bits per heavy atom. The van der Waals surface area contributed by atoms with Gasteiger partial charge in [0.2, 0.25) is 0 Å². The van der Waals surface area contributed by atoms with Gasteiger partial charge in [0.25, 0.3) is 5.91 Å². The molecule has 0 N–H and O–H groups in total. The topological polar surface area (TPSA) is 40.8 Å². The molecule has 0 aromatic carbocycles. The van der Waals surface area contributed by atoms with E-state index in [1.54, 1.807) is 27.7 Å². The number of amides is 1. The van der Waals surface area contributed by atoms with E-state index in [1.165, 1.54) is 10.6 Å². The lowest BCUT2D eigenvalue weighted by atomic mass is 10.1. The van der Waals surface area contributed by atoms with Gasteiger partial charge >= 0.3 is 0 Å². The van der Waals surface area contributed by atoms with Crippen LogP contribution in [0.4, 0.5) is 0 Å². The summed E-state index contributed by atoms with van der Waals surface area (Å²) < 4.78 is 2.28. The number of nitrogens with zero attached hydrogens (tertiary/aromatic N) is 4. The smallest absolute Gasteiger partial charge is 0.257 e. The summed E-state index contributed by atoms with van der Waals surface area (Å²) in [6.45, 7) is 4.39. The maximum Gasteiger partial charge on any atom is 0.257 e. The van der Waals surface area contributed by atoms with E-state index in [0.717, 1.165) is 30.1 Å². The summed E-state index contributed by atoms with van der Waals surface area (Å²) >= 11 is 3.38. The summed E-state index contributed by atoms with van der Waals surface area (Å²) in [4.78, 5) is 17.9. The fourth-order valence-corrected chi connectivity index (χ4v) is 5.66. The molecule has 3 aromatic rings. The summed E-state index contributed by atoms with van der Waals surface area (Å²) in [5, 5.41) is 10.6. The summed E-state index contributed by atoms with van der Waals surface area (Å²) in [5.74, 6) is 0.0804. The minimum Gasteiger partial charge on any atom is -0.349 e. The highest BCUT2D eigenvalue weighted by molar-refractivity contribution is 7.12. The Morgan fingerprint density at radius 1 is 1.14 bits per heavy atom. The highest BCUT2D eigenvalue weighted by atomic mass is 32.1. The molecule has 1 amide bonds. The highest BCUT2D eigenvalue weighted by Crippen LogP contribution is 2.36. The molecule has 0 spiro atoms. The first-order chi connectivity index (χ1) is 13.7. The van der Waals surface area contributed by atoms with Crippen LogP contribution in [-0.4, -0.2) is 39.2 Å². The van der Waals surface area contributed by atoms with Gasteiger partial charge in [-0.25, -0.2) is 5.01 Å². The van der Waals surface area contributed by atoms with Gasteiger partial charge in [-0.15, -0.1) is 22.7 Å². The van der Waals surface area contributed by atoms with Crippen molar-refractivity contribution in [1.29, 1.82) is 0 Å². The fraction of sp³-hybridized carbons (Fsp3) is 0.333. The zero-order valence-corrected chi connectivity index (χ0v) is 17.3. The minimum atomic E-state index is 0.00792. The zero-order valence-electron chi connectivity index (χ0n) is 15.7. The van der Waals surface area contributed by atoms with Crippen LogP contribution < -0.4 is 0 Å². The Kier molecular flexibility index (Phi) is 4.66. The summed E-state index contributed by atoms with van der Waals surface area (Å²) in [6.07, 6.45) is 2.90. The molecule has 7 heteroatoms. The van der Waals surface area contributed by atoms with Crippen molar-refractivity contribution < 1.29 is 4.79 Å². The second kappa shape index (κ2) is 7.31. The third-order valence-electron chi connectivity index (χ3n) is 5.65. The van der Waals surface area contributed by atoms with Crippen LogP contribution in [0, 0.1) is 0 Å². The first-order valence-electron chi connectivity index (χ1n) is 9.56. The van der Waals surface area contributed by atoms with Crippen molar-refractivity contribution >= 4 is 34.3 Å². The molecule has 0 bridgehead atoms. The van der Waals surface area contributed by atoms with Crippen LogP contribution in [0.15, 0.2) is 58.5 Å². The Bertz CT molecular complexity index is 990. The molecule has 5 rings (SSSR count). The van der Waals surface area contributed by atoms with Crippen molar-refractivity contribution in [2.24, 2.45) is 5.10 Å². The number of carbonyl (C=O) groups excluding carboxylic acids is 1. The Balaban J connectivity index is 1.38. The average Bonchev–Trinajstić information content (AvgIpc) is 3.48. The Hall–Kier alpha value is -2.22. The number of hydrazone groups is 1. The van der Waals surface area contributed by atoms with Crippen molar-refractivity contribution in [3.63, 3.8) is 0 Å². The van der Waals surface area contributed by atoms with Crippen LogP contribution in [0.1, 0.15) is 40.9 Å². The third-order valence-corrected chi connectivity index (χ3v) is 7.54. The second-order valence-electron chi connectivity index (χ2n) is 7.27. The second-order valence-corrected chi connectivity index (χ2v) is 9.20. The number of fused-ring (bicyclic) bond motifs is 1.